The molecule has 1 saturated heterocycles. The number of nitrogens with one attached hydrogen (secondary N) is 2. The van der Waals surface area contributed by atoms with E-state index < -0.39 is 23.2 Å². The fraction of sp³-hybridized carbons (Fsp3) is 0.467. The Morgan fingerprint density at radius 2 is 2.00 bits per heavy atom. The van der Waals surface area contributed by atoms with E-state index in [1.165, 1.54) is 17.0 Å². The van der Waals surface area contributed by atoms with Gasteiger partial charge in [-0.25, -0.2) is 0 Å². The summed E-state index contributed by atoms with van der Waals surface area (Å²) in [4.78, 5) is 25.5. The van der Waals surface area contributed by atoms with Gasteiger partial charge in [0.05, 0.1) is 17.7 Å². The molecule has 0 bridgehead atoms. The first-order chi connectivity index (χ1) is 10.8. The van der Waals surface area contributed by atoms with Crippen LogP contribution in [0.25, 0.3) is 0 Å². The highest BCUT2D eigenvalue weighted by molar-refractivity contribution is 5.97. The van der Waals surface area contributed by atoms with Crippen molar-refractivity contribution in [2.45, 2.75) is 18.6 Å². The van der Waals surface area contributed by atoms with Crippen LogP contribution in [0.1, 0.15) is 22.3 Å². The normalized spacial score (nSPS) is 17.1. The quantitative estimate of drug-likeness (QED) is 0.853. The first-order valence-corrected chi connectivity index (χ1v) is 7.21. The average Bonchev–Trinajstić information content (AvgIpc) is 3.05. The molecule has 0 saturated carbocycles. The lowest BCUT2D eigenvalue weighted by atomic mass is 10.1. The molecule has 2 amide bonds. The Balaban J connectivity index is 0.00000288. The van der Waals surface area contributed by atoms with Crippen LogP contribution in [0, 0.1) is 0 Å². The molecule has 1 aliphatic heterocycles. The fourth-order valence-electron chi connectivity index (χ4n) is 2.48. The number of likely N-dealkylation sites (N-methyl/N-ethyl adjacent to an activating group) is 1. The van der Waals surface area contributed by atoms with E-state index in [4.69, 9.17) is 0 Å². The van der Waals surface area contributed by atoms with Gasteiger partial charge in [0.1, 0.15) is 0 Å². The average molecular weight is 366 g/mol. The summed E-state index contributed by atoms with van der Waals surface area (Å²) in [6, 6.07) is 4.54. The molecule has 0 radical (unpaired) electrons. The van der Waals surface area contributed by atoms with Crippen molar-refractivity contribution in [1.29, 1.82) is 0 Å². The van der Waals surface area contributed by atoms with Crippen LogP contribution >= 0.6 is 12.4 Å². The maximum Gasteiger partial charge on any atom is 0.417 e. The largest absolute Gasteiger partial charge is 0.417 e. The van der Waals surface area contributed by atoms with Crippen LogP contribution in [0.4, 0.5) is 13.2 Å². The van der Waals surface area contributed by atoms with Crippen LogP contribution in [-0.4, -0.2) is 49.4 Å². The van der Waals surface area contributed by atoms with E-state index in [0.29, 0.717) is 6.54 Å². The molecule has 1 aromatic carbocycles. The molecule has 1 fully saturated rings. The molecule has 2 N–H and O–H groups in total. The third-order valence-corrected chi connectivity index (χ3v) is 3.85. The van der Waals surface area contributed by atoms with Crippen molar-refractivity contribution in [3.63, 3.8) is 0 Å². The molecule has 0 spiro atoms. The molecule has 9 heteroatoms. The number of rotatable bonds is 4. The monoisotopic (exact) mass is 365 g/mol. The summed E-state index contributed by atoms with van der Waals surface area (Å²) in [7, 11) is 1.62. The second kappa shape index (κ2) is 8.34. The summed E-state index contributed by atoms with van der Waals surface area (Å²) >= 11 is 0. The minimum Gasteiger partial charge on any atom is -0.343 e. The second-order valence-corrected chi connectivity index (χ2v) is 5.38. The van der Waals surface area contributed by atoms with Gasteiger partial charge in [-0.05, 0) is 25.1 Å². The van der Waals surface area contributed by atoms with Crippen molar-refractivity contribution in [2.24, 2.45) is 0 Å². The summed E-state index contributed by atoms with van der Waals surface area (Å²) in [5.74, 6) is -1.25. The molecule has 1 aliphatic rings. The topological polar surface area (TPSA) is 61.4 Å². The number of alkyl halides is 3. The number of hydrogen-bond acceptors (Lipinski definition) is 3. The van der Waals surface area contributed by atoms with Crippen molar-refractivity contribution in [1.82, 2.24) is 15.5 Å². The van der Waals surface area contributed by atoms with Gasteiger partial charge in [0.2, 0.25) is 5.91 Å². The van der Waals surface area contributed by atoms with Crippen molar-refractivity contribution in [3.8, 4) is 0 Å². The highest BCUT2D eigenvalue weighted by atomic mass is 35.5. The zero-order valence-corrected chi connectivity index (χ0v) is 13.8. The minimum absolute atomic E-state index is 0. The summed E-state index contributed by atoms with van der Waals surface area (Å²) in [6.45, 7) is 1.15. The number of amides is 2. The van der Waals surface area contributed by atoms with Crippen LogP contribution in [0.5, 0.6) is 0 Å². The van der Waals surface area contributed by atoms with Crippen LogP contribution in [0.3, 0.4) is 0 Å². The van der Waals surface area contributed by atoms with E-state index in [-0.39, 0.29) is 30.9 Å². The Morgan fingerprint density at radius 3 is 2.58 bits per heavy atom. The Kier molecular flexibility index (Phi) is 7.04. The number of carbonyl (C=O) groups excluding carboxylic acids is 2. The standard InChI is InChI=1S/C15H18F3N3O2.ClH/c1-21(10-6-7-19-8-10)13(22)9-20-14(23)11-4-2-3-5-12(11)15(16,17)18;/h2-5,10,19H,6-9H2,1H3,(H,20,23);1H. The molecule has 2 rings (SSSR count). The summed E-state index contributed by atoms with van der Waals surface area (Å²) in [6.07, 6.45) is -3.81. The van der Waals surface area contributed by atoms with Gasteiger partial charge in [0.25, 0.3) is 5.91 Å². The Labute approximate surface area is 144 Å². The maximum atomic E-state index is 12.9. The lowest BCUT2D eigenvalue weighted by Gasteiger charge is -2.24. The first kappa shape index (κ1) is 20.2. The zero-order valence-electron chi connectivity index (χ0n) is 13.0. The molecule has 0 aromatic heterocycles. The van der Waals surface area contributed by atoms with Gasteiger partial charge in [-0.15, -0.1) is 12.4 Å². The van der Waals surface area contributed by atoms with Gasteiger partial charge in [-0.3, -0.25) is 9.59 Å². The second-order valence-electron chi connectivity index (χ2n) is 5.38. The number of benzene rings is 1. The molecule has 134 valence electrons. The Bertz CT molecular complexity index is 590. The lowest BCUT2D eigenvalue weighted by Crippen LogP contribution is -2.44. The van der Waals surface area contributed by atoms with Crippen molar-refractivity contribution in [3.05, 3.63) is 35.4 Å². The number of hydrogen-bond donors (Lipinski definition) is 2. The van der Waals surface area contributed by atoms with E-state index in [1.54, 1.807) is 7.05 Å². The fourth-order valence-corrected chi connectivity index (χ4v) is 2.48. The Morgan fingerprint density at radius 1 is 1.33 bits per heavy atom. The van der Waals surface area contributed by atoms with Crippen LogP contribution in [-0.2, 0) is 11.0 Å². The molecular formula is C15H19ClF3N3O2. The van der Waals surface area contributed by atoms with Crippen LogP contribution in [0.2, 0.25) is 0 Å². The maximum absolute atomic E-state index is 12.9. The number of nitrogens with zero attached hydrogens (tertiary/aromatic N) is 1. The number of halogens is 4. The predicted molar refractivity (Wildman–Crippen MR) is 85.1 cm³/mol. The van der Waals surface area contributed by atoms with E-state index in [9.17, 15) is 22.8 Å². The molecule has 1 heterocycles. The predicted octanol–water partition coefficient (Wildman–Crippen LogP) is 1.68. The Hall–Kier alpha value is -1.80. The molecular weight excluding hydrogens is 347 g/mol. The van der Waals surface area contributed by atoms with E-state index in [1.807, 2.05) is 0 Å². The third-order valence-electron chi connectivity index (χ3n) is 3.85. The van der Waals surface area contributed by atoms with Crippen molar-refractivity contribution in [2.75, 3.05) is 26.7 Å². The molecule has 0 aliphatic carbocycles. The van der Waals surface area contributed by atoms with Gasteiger partial charge in [-0.1, -0.05) is 12.1 Å². The molecule has 1 atom stereocenters. The van der Waals surface area contributed by atoms with Crippen LogP contribution < -0.4 is 10.6 Å². The summed E-state index contributed by atoms with van der Waals surface area (Å²) < 4.78 is 38.6. The molecule has 1 unspecified atom stereocenters. The van der Waals surface area contributed by atoms with Gasteiger partial charge in [0, 0.05) is 19.6 Å². The van der Waals surface area contributed by atoms with Gasteiger partial charge >= 0.3 is 6.18 Å². The first-order valence-electron chi connectivity index (χ1n) is 7.21. The molecule has 1 aromatic rings. The molecule has 5 nitrogen and oxygen atoms in total. The van der Waals surface area contributed by atoms with E-state index in [2.05, 4.69) is 10.6 Å². The third kappa shape index (κ3) is 4.85. The molecule has 24 heavy (non-hydrogen) atoms. The number of carbonyl (C=O) groups is 2. The van der Waals surface area contributed by atoms with E-state index >= 15 is 0 Å². The van der Waals surface area contributed by atoms with Gasteiger partial charge < -0.3 is 15.5 Å². The highest BCUT2D eigenvalue weighted by Gasteiger charge is 2.35. The van der Waals surface area contributed by atoms with Gasteiger partial charge in [-0.2, -0.15) is 13.2 Å². The summed E-state index contributed by atoms with van der Waals surface area (Å²) in [5.41, 5.74) is -1.50. The van der Waals surface area contributed by atoms with E-state index in [0.717, 1.165) is 25.1 Å². The van der Waals surface area contributed by atoms with Crippen molar-refractivity contribution < 1.29 is 22.8 Å². The smallest absolute Gasteiger partial charge is 0.343 e. The zero-order chi connectivity index (χ0) is 17.0. The summed E-state index contributed by atoms with van der Waals surface area (Å²) in [5, 5.41) is 5.38. The SMILES string of the molecule is CN(C(=O)CNC(=O)c1ccccc1C(F)(F)F)C1CCNC1.Cl. The lowest BCUT2D eigenvalue weighted by molar-refractivity contribution is -0.137. The van der Waals surface area contributed by atoms with Crippen molar-refractivity contribution >= 4 is 24.2 Å². The van der Waals surface area contributed by atoms with Gasteiger partial charge in [0.15, 0.2) is 0 Å². The minimum atomic E-state index is -4.62. The highest BCUT2D eigenvalue weighted by Crippen LogP contribution is 2.31. The van der Waals surface area contributed by atoms with Crippen LogP contribution in [0.15, 0.2) is 24.3 Å².